The Morgan fingerprint density at radius 2 is 2.11 bits per heavy atom. The lowest BCUT2D eigenvalue weighted by Crippen LogP contribution is -2.32. The minimum atomic E-state index is 0.278. The van der Waals surface area contributed by atoms with E-state index >= 15 is 0 Å². The van der Waals surface area contributed by atoms with Gasteiger partial charge in [-0.2, -0.15) is 0 Å². The number of benzene rings is 1. The molecule has 0 radical (unpaired) electrons. The standard InChI is InChI=1S/C20H25N5O2/c1-3-17-23-18-19(21)22-12-25(20(18)24-17)11-13-8-9-15(26-2)16(10-13)27-14-6-4-5-7-14/h3,8-10,12,14,23H,4-7,11,21H2,1-2H3. The van der Waals surface area contributed by atoms with Gasteiger partial charge < -0.3 is 25.1 Å². The molecule has 2 aromatic rings. The fraction of sp³-hybridized carbons (Fsp3) is 0.400. The van der Waals surface area contributed by atoms with Crippen molar-refractivity contribution in [3.05, 3.63) is 34.6 Å². The molecule has 2 heterocycles. The van der Waals surface area contributed by atoms with Crippen LogP contribution in [0.5, 0.6) is 11.5 Å². The average Bonchev–Trinajstić information content (AvgIpc) is 3.34. The first-order valence-corrected chi connectivity index (χ1v) is 9.34. The smallest absolute Gasteiger partial charge is 0.164 e. The van der Waals surface area contributed by atoms with Crippen molar-refractivity contribution in [3.8, 4) is 11.5 Å². The maximum Gasteiger partial charge on any atom is 0.164 e. The van der Waals surface area contributed by atoms with Gasteiger partial charge in [-0.15, -0.1) is 0 Å². The number of fused-ring (bicyclic) bond motifs is 1. The number of nitrogens with zero attached hydrogens (tertiary/aromatic N) is 3. The van der Waals surface area contributed by atoms with Crippen LogP contribution in [0.1, 0.15) is 38.2 Å². The third kappa shape index (κ3) is 3.49. The minimum Gasteiger partial charge on any atom is -0.493 e. The second-order valence-electron chi connectivity index (χ2n) is 6.88. The normalized spacial score (nSPS) is 17.5. The van der Waals surface area contributed by atoms with Crippen molar-refractivity contribution in [2.24, 2.45) is 10.7 Å². The van der Waals surface area contributed by atoms with Crippen LogP contribution in [0.25, 0.3) is 11.9 Å². The van der Waals surface area contributed by atoms with Crippen LogP contribution in [-0.4, -0.2) is 29.5 Å². The molecule has 0 spiro atoms. The molecule has 1 aliphatic carbocycles. The van der Waals surface area contributed by atoms with Gasteiger partial charge in [0.05, 0.1) is 26.1 Å². The van der Waals surface area contributed by atoms with Crippen molar-refractivity contribution < 1.29 is 9.47 Å². The van der Waals surface area contributed by atoms with Crippen LogP contribution in [0.15, 0.2) is 23.2 Å². The van der Waals surface area contributed by atoms with Crippen LogP contribution in [0.3, 0.4) is 0 Å². The molecule has 7 heteroatoms. The van der Waals surface area contributed by atoms with E-state index in [1.165, 1.54) is 12.8 Å². The van der Waals surface area contributed by atoms with Gasteiger partial charge >= 0.3 is 0 Å². The SMILES string of the molecule is CC=c1nc2c([nH]1)=C(N)N=CN2Cc1ccc(OC)c(OC2CCCC2)c1. The van der Waals surface area contributed by atoms with Crippen LogP contribution in [-0.2, 0) is 6.54 Å². The molecule has 0 atom stereocenters. The van der Waals surface area contributed by atoms with E-state index in [1.54, 1.807) is 13.4 Å². The predicted molar refractivity (Wildman–Crippen MR) is 106 cm³/mol. The number of hydrogen-bond acceptors (Lipinski definition) is 6. The molecule has 7 nitrogen and oxygen atoms in total. The van der Waals surface area contributed by atoms with E-state index in [1.807, 2.05) is 36.1 Å². The second-order valence-corrected chi connectivity index (χ2v) is 6.88. The fourth-order valence-corrected chi connectivity index (χ4v) is 3.57. The highest BCUT2D eigenvalue weighted by molar-refractivity contribution is 5.83. The van der Waals surface area contributed by atoms with Crippen molar-refractivity contribution in [1.29, 1.82) is 0 Å². The number of ether oxygens (including phenoxy) is 2. The average molecular weight is 367 g/mol. The fourth-order valence-electron chi connectivity index (χ4n) is 3.57. The number of nitrogens with two attached hydrogens (primary N) is 1. The highest BCUT2D eigenvalue weighted by Gasteiger charge is 2.20. The number of aromatic amines is 1. The van der Waals surface area contributed by atoms with E-state index in [0.29, 0.717) is 12.4 Å². The van der Waals surface area contributed by atoms with Gasteiger partial charge in [-0.25, -0.2) is 9.98 Å². The number of methoxy groups -OCH3 is 1. The highest BCUT2D eigenvalue weighted by atomic mass is 16.5. The molecule has 0 unspecified atom stereocenters. The van der Waals surface area contributed by atoms with Gasteiger partial charge in [-0.05, 0) is 56.4 Å². The Morgan fingerprint density at radius 3 is 2.85 bits per heavy atom. The van der Waals surface area contributed by atoms with Gasteiger partial charge in [0.15, 0.2) is 23.1 Å². The molecule has 27 heavy (non-hydrogen) atoms. The molecule has 2 aliphatic rings. The molecule has 142 valence electrons. The van der Waals surface area contributed by atoms with E-state index in [9.17, 15) is 0 Å². The van der Waals surface area contributed by atoms with Gasteiger partial charge in [0.25, 0.3) is 0 Å². The number of aliphatic imine (C=N–C) groups is 1. The molecule has 1 saturated carbocycles. The summed E-state index contributed by atoms with van der Waals surface area (Å²) in [7, 11) is 1.67. The number of rotatable bonds is 5. The topological polar surface area (TPSA) is 88.8 Å². The van der Waals surface area contributed by atoms with Crippen LogP contribution < -0.4 is 30.9 Å². The van der Waals surface area contributed by atoms with Gasteiger partial charge in [0, 0.05) is 0 Å². The molecule has 1 aromatic carbocycles. The summed E-state index contributed by atoms with van der Waals surface area (Å²) in [4.78, 5) is 14.1. The van der Waals surface area contributed by atoms with Crippen LogP contribution >= 0.6 is 0 Å². The second kappa shape index (κ2) is 7.34. The lowest BCUT2D eigenvalue weighted by Gasteiger charge is -2.21. The molecule has 1 aromatic heterocycles. The monoisotopic (exact) mass is 367 g/mol. The first kappa shape index (κ1) is 17.5. The summed E-state index contributed by atoms with van der Waals surface area (Å²) in [5.41, 5.74) is 7.86. The van der Waals surface area contributed by atoms with Crippen molar-refractivity contribution in [2.45, 2.75) is 45.3 Å². The molecule has 1 aliphatic heterocycles. The molecule has 1 fully saturated rings. The van der Waals surface area contributed by atoms with Gasteiger partial charge in [0.2, 0.25) is 0 Å². The van der Waals surface area contributed by atoms with Crippen LogP contribution in [0, 0.1) is 0 Å². The third-order valence-corrected chi connectivity index (χ3v) is 5.02. The molecule has 0 amide bonds. The quantitative estimate of drug-likeness (QED) is 0.838. The zero-order chi connectivity index (χ0) is 18.8. The largest absolute Gasteiger partial charge is 0.493 e. The lowest BCUT2D eigenvalue weighted by molar-refractivity contribution is 0.200. The Bertz CT molecular complexity index is 973. The summed E-state index contributed by atoms with van der Waals surface area (Å²) < 4.78 is 11.7. The van der Waals surface area contributed by atoms with Crippen LogP contribution in [0.2, 0.25) is 0 Å². The van der Waals surface area contributed by atoms with Crippen molar-refractivity contribution >= 4 is 24.1 Å². The molecular weight excluding hydrogens is 342 g/mol. The zero-order valence-electron chi connectivity index (χ0n) is 15.7. The van der Waals surface area contributed by atoms with E-state index < -0.39 is 0 Å². The summed E-state index contributed by atoms with van der Waals surface area (Å²) >= 11 is 0. The maximum absolute atomic E-state index is 6.21. The van der Waals surface area contributed by atoms with Crippen molar-refractivity contribution in [3.63, 3.8) is 0 Å². The summed E-state index contributed by atoms with van der Waals surface area (Å²) in [5, 5.41) is 0.751. The number of hydrogen-bond donors (Lipinski definition) is 2. The summed E-state index contributed by atoms with van der Waals surface area (Å²) in [6.07, 6.45) is 8.58. The Balaban J connectivity index is 1.61. The van der Waals surface area contributed by atoms with E-state index in [2.05, 4.69) is 15.0 Å². The Labute approximate surface area is 158 Å². The van der Waals surface area contributed by atoms with E-state index in [4.69, 9.17) is 15.2 Å². The zero-order valence-corrected chi connectivity index (χ0v) is 15.7. The number of aromatic nitrogens is 2. The third-order valence-electron chi connectivity index (χ3n) is 5.02. The Hall–Kier alpha value is -2.96. The van der Waals surface area contributed by atoms with Crippen molar-refractivity contribution in [1.82, 2.24) is 9.97 Å². The first-order chi connectivity index (χ1) is 13.2. The number of anilines is 1. The lowest BCUT2D eigenvalue weighted by atomic mass is 10.2. The first-order valence-electron chi connectivity index (χ1n) is 9.34. The maximum atomic E-state index is 6.21. The number of imidazole rings is 1. The molecule has 3 N–H and O–H groups in total. The number of H-pyrrole nitrogens is 1. The summed E-state index contributed by atoms with van der Waals surface area (Å²) in [6.45, 7) is 2.55. The Morgan fingerprint density at radius 1 is 1.30 bits per heavy atom. The molecule has 4 rings (SSSR count). The van der Waals surface area contributed by atoms with Gasteiger partial charge in [-0.3, -0.25) is 0 Å². The highest BCUT2D eigenvalue weighted by Crippen LogP contribution is 2.32. The summed E-state index contributed by atoms with van der Waals surface area (Å²) in [6, 6.07) is 6.04. The predicted octanol–water partition coefficient (Wildman–Crippen LogP) is 1.61. The van der Waals surface area contributed by atoms with Crippen molar-refractivity contribution in [2.75, 3.05) is 12.0 Å². The molecular formula is C20H25N5O2. The Kier molecular flexibility index (Phi) is 4.75. The van der Waals surface area contributed by atoms with Gasteiger partial charge in [-0.1, -0.05) is 6.07 Å². The van der Waals surface area contributed by atoms with E-state index in [-0.39, 0.29) is 6.10 Å². The molecule has 0 bridgehead atoms. The summed E-state index contributed by atoms with van der Waals surface area (Å²) in [5.74, 6) is 2.79. The van der Waals surface area contributed by atoms with Gasteiger partial charge in [0.1, 0.15) is 10.8 Å². The molecule has 0 saturated heterocycles. The van der Waals surface area contributed by atoms with Crippen LogP contribution in [0.4, 0.5) is 5.82 Å². The number of nitrogens with one attached hydrogen (secondary N) is 1. The minimum absolute atomic E-state index is 0.278. The van der Waals surface area contributed by atoms with E-state index in [0.717, 1.165) is 46.6 Å².